The third-order valence-electron chi connectivity index (χ3n) is 7.22. The van der Waals surface area contributed by atoms with Gasteiger partial charge >= 0.3 is 0 Å². The third-order valence-corrected chi connectivity index (χ3v) is 14.0. The molecule has 6 nitrogen and oxygen atoms in total. The maximum Gasteiger partial charge on any atom is 0.252 e. The van der Waals surface area contributed by atoms with Gasteiger partial charge in [-0.05, 0) is 125 Å². The van der Waals surface area contributed by atoms with Crippen LogP contribution in [-0.2, 0) is 16.5 Å². The first-order valence-corrected chi connectivity index (χ1v) is 17.8. The van der Waals surface area contributed by atoms with Gasteiger partial charge in [0.25, 0.3) is 29.5 Å². The van der Waals surface area contributed by atoms with Gasteiger partial charge in [-0.2, -0.15) is 0 Å². The minimum absolute atomic E-state index is 0. The van der Waals surface area contributed by atoms with E-state index in [-0.39, 0.29) is 16.5 Å². The maximum atomic E-state index is 2.57. The van der Waals surface area contributed by atoms with Crippen molar-refractivity contribution in [2.45, 2.75) is 158 Å². The van der Waals surface area contributed by atoms with Crippen LogP contribution in [0.2, 0.25) is 0 Å². The van der Waals surface area contributed by atoms with Gasteiger partial charge in [0, 0.05) is 89.0 Å². The Labute approximate surface area is 269 Å². The van der Waals surface area contributed by atoms with Crippen LogP contribution in [0.15, 0.2) is 0 Å². The summed E-state index contributed by atoms with van der Waals surface area (Å²) in [5, 5.41) is 0. The van der Waals surface area contributed by atoms with Gasteiger partial charge in [-0.3, -0.25) is 0 Å². The third kappa shape index (κ3) is 13.7. The van der Waals surface area contributed by atoms with E-state index in [1.807, 2.05) is 0 Å². The first-order valence-electron chi connectivity index (χ1n) is 15.1. The molecule has 0 aromatic rings. The molecule has 238 valence electrons. The maximum absolute atomic E-state index is 2.57. The number of nitrogens with zero attached hydrogens (tertiary/aromatic N) is 6. The van der Waals surface area contributed by atoms with Crippen LogP contribution in [0.4, 0.5) is 0 Å². The monoisotopic (exact) mass is 652 g/mol. The van der Waals surface area contributed by atoms with Crippen molar-refractivity contribution in [3.63, 3.8) is 0 Å². The quantitative estimate of drug-likeness (QED) is 0.333. The van der Waals surface area contributed by atoms with Gasteiger partial charge in [0.2, 0.25) is 0 Å². The SMILES string of the molecule is CC(C)(C)N1CCN(C(C)(C)C)[Si]1.CC(C)(C)N1CCN(C(C)(C)C)[Si]1.CC(C)(C)N1CCN(C(C)(C)C)[Si]1.[Ni]. The standard InChI is InChI=1S/3C10H22N2Si.Ni/c3*1-9(2,3)11-7-8-12(13-11)10(4,5)6;/h3*7-8H2,1-6H3;. The van der Waals surface area contributed by atoms with E-state index < -0.39 is 0 Å². The van der Waals surface area contributed by atoms with E-state index in [1.165, 1.54) is 39.3 Å². The summed E-state index contributed by atoms with van der Waals surface area (Å²) in [6, 6.07) is 0. The average Bonchev–Trinajstić information content (AvgIpc) is 3.45. The second kappa shape index (κ2) is 14.8. The summed E-state index contributed by atoms with van der Waals surface area (Å²) in [6.45, 7) is 48.7. The van der Waals surface area contributed by atoms with Gasteiger partial charge < -0.3 is 27.4 Å². The Morgan fingerprint density at radius 3 is 0.425 bits per heavy atom. The molecule has 0 bridgehead atoms. The number of hydrogen-bond donors (Lipinski definition) is 0. The number of hydrogen-bond acceptors (Lipinski definition) is 6. The van der Waals surface area contributed by atoms with E-state index in [0.29, 0.717) is 33.2 Å². The molecule has 6 radical (unpaired) electrons. The minimum Gasteiger partial charge on any atom is -0.306 e. The van der Waals surface area contributed by atoms with E-state index in [2.05, 4.69) is 152 Å². The van der Waals surface area contributed by atoms with Crippen LogP contribution < -0.4 is 0 Å². The van der Waals surface area contributed by atoms with Crippen LogP contribution in [0.1, 0.15) is 125 Å². The largest absolute Gasteiger partial charge is 0.306 e. The Bertz CT molecular complexity index is 582. The Morgan fingerprint density at radius 2 is 0.375 bits per heavy atom. The normalized spacial score (nSPS) is 22.1. The van der Waals surface area contributed by atoms with Crippen molar-refractivity contribution >= 4 is 29.5 Å². The molecule has 3 fully saturated rings. The zero-order chi connectivity index (χ0) is 30.8. The summed E-state index contributed by atoms with van der Waals surface area (Å²) in [5.41, 5.74) is 1.99. The van der Waals surface area contributed by atoms with E-state index >= 15 is 0 Å². The molecule has 0 atom stereocenters. The molecule has 3 aliphatic heterocycles. The second-order valence-corrected chi connectivity index (χ2v) is 21.1. The average molecular weight is 654 g/mol. The molecule has 0 aliphatic carbocycles. The Kier molecular flexibility index (Phi) is 15.1. The van der Waals surface area contributed by atoms with Gasteiger partial charge in [0.1, 0.15) is 0 Å². The fourth-order valence-electron chi connectivity index (χ4n) is 4.25. The van der Waals surface area contributed by atoms with Crippen molar-refractivity contribution in [2.24, 2.45) is 0 Å². The van der Waals surface area contributed by atoms with Crippen molar-refractivity contribution in [3.8, 4) is 0 Å². The molecule has 0 saturated carbocycles. The molecule has 40 heavy (non-hydrogen) atoms. The molecule has 3 aliphatic rings. The van der Waals surface area contributed by atoms with Gasteiger partial charge in [0.05, 0.1) is 0 Å². The van der Waals surface area contributed by atoms with Gasteiger partial charge in [-0.1, -0.05) is 0 Å². The molecule has 0 unspecified atom stereocenters. The molecule has 0 aromatic heterocycles. The predicted molar refractivity (Wildman–Crippen MR) is 176 cm³/mol. The fourth-order valence-corrected chi connectivity index (χ4v) is 8.12. The number of rotatable bonds is 0. The summed E-state index contributed by atoms with van der Waals surface area (Å²) in [4.78, 5) is 0. The molecular weight excluding hydrogens is 587 g/mol. The summed E-state index contributed by atoms with van der Waals surface area (Å²) in [7, 11) is 2.58. The van der Waals surface area contributed by atoms with E-state index in [1.54, 1.807) is 0 Å². The molecule has 10 heteroatoms. The molecule has 3 rings (SSSR count). The van der Waals surface area contributed by atoms with Crippen molar-refractivity contribution < 1.29 is 16.5 Å². The molecule has 0 aromatic carbocycles. The van der Waals surface area contributed by atoms with Crippen LogP contribution in [0.3, 0.4) is 0 Å². The summed E-state index contributed by atoms with van der Waals surface area (Å²) in [5.74, 6) is 0. The molecule has 3 saturated heterocycles. The Balaban J connectivity index is 0.000000563. The van der Waals surface area contributed by atoms with E-state index in [4.69, 9.17) is 0 Å². The molecule has 0 spiro atoms. The smallest absolute Gasteiger partial charge is 0.252 e. The van der Waals surface area contributed by atoms with E-state index in [9.17, 15) is 0 Å². The van der Waals surface area contributed by atoms with Gasteiger partial charge in [-0.15, -0.1) is 0 Å². The first-order chi connectivity index (χ1) is 17.1. The summed E-state index contributed by atoms with van der Waals surface area (Å²) < 4.78 is 15.4. The summed E-state index contributed by atoms with van der Waals surface area (Å²) >= 11 is 0. The van der Waals surface area contributed by atoms with Crippen LogP contribution in [0.5, 0.6) is 0 Å². The molecular formula is C30H66N6NiSi3. The zero-order valence-electron chi connectivity index (χ0n) is 29.7. The topological polar surface area (TPSA) is 19.4 Å². The Morgan fingerprint density at radius 1 is 0.275 bits per heavy atom. The van der Waals surface area contributed by atoms with Gasteiger partial charge in [0.15, 0.2) is 0 Å². The fraction of sp³-hybridized carbons (Fsp3) is 1.00. The van der Waals surface area contributed by atoms with Crippen molar-refractivity contribution in [1.82, 2.24) is 27.4 Å². The van der Waals surface area contributed by atoms with Crippen molar-refractivity contribution in [3.05, 3.63) is 0 Å². The minimum atomic E-state index is 0. The van der Waals surface area contributed by atoms with Crippen molar-refractivity contribution in [1.29, 1.82) is 0 Å². The van der Waals surface area contributed by atoms with Crippen molar-refractivity contribution in [2.75, 3.05) is 39.3 Å². The Hall–Kier alpha value is 0.904. The predicted octanol–water partition coefficient (Wildman–Crippen LogP) is 5.20. The van der Waals surface area contributed by atoms with Crippen LogP contribution in [0, 0.1) is 0 Å². The molecule has 3 heterocycles. The first kappa shape index (κ1) is 40.9. The van der Waals surface area contributed by atoms with Crippen LogP contribution in [-0.4, -0.2) is 129 Å². The van der Waals surface area contributed by atoms with Crippen LogP contribution in [0.25, 0.3) is 0 Å². The van der Waals surface area contributed by atoms with Gasteiger partial charge in [-0.25, -0.2) is 0 Å². The molecule has 0 N–H and O–H groups in total. The van der Waals surface area contributed by atoms with E-state index in [0.717, 1.165) is 29.5 Å². The molecule has 0 amide bonds. The zero-order valence-corrected chi connectivity index (χ0v) is 33.7. The second-order valence-electron chi connectivity index (χ2n) is 17.2. The summed E-state index contributed by atoms with van der Waals surface area (Å²) in [6.07, 6.45) is 0. The van der Waals surface area contributed by atoms with Crippen LogP contribution >= 0.6 is 0 Å².